The molecule has 1 aromatic heterocycles. The van der Waals surface area contributed by atoms with Crippen molar-refractivity contribution in [1.82, 2.24) is 10.5 Å². The van der Waals surface area contributed by atoms with Gasteiger partial charge in [-0.3, -0.25) is 4.79 Å². The molecule has 18 heavy (non-hydrogen) atoms. The Morgan fingerprint density at radius 2 is 2.11 bits per heavy atom. The Labute approximate surface area is 108 Å². The van der Waals surface area contributed by atoms with Crippen LogP contribution < -0.4 is 11.1 Å². The molecule has 5 nitrogen and oxygen atoms in total. The van der Waals surface area contributed by atoms with Crippen LogP contribution in [0.2, 0.25) is 0 Å². The molecule has 1 aromatic rings. The Morgan fingerprint density at radius 3 is 2.61 bits per heavy atom. The molecule has 0 aliphatic heterocycles. The summed E-state index contributed by atoms with van der Waals surface area (Å²) in [7, 11) is 0. The summed E-state index contributed by atoms with van der Waals surface area (Å²) >= 11 is 0. The lowest BCUT2D eigenvalue weighted by molar-refractivity contribution is -0.125. The minimum Gasteiger partial charge on any atom is -0.359 e. The second-order valence-corrected chi connectivity index (χ2v) is 5.14. The number of carbonyl (C=O) groups excluding carboxylic acids is 1. The van der Waals surface area contributed by atoms with Crippen LogP contribution in [0.1, 0.15) is 57.9 Å². The van der Waals surface area contributed by atoms with E-state index in [1.807, 2.05) is 6.07 Å². The van der Waals surface area contributed by atoms with Gasteiger partial charge >= 0.3 is 0 Å². The van der Waals surface area contributed by atoms with Gasteiger partial charge in [-0.2, -0.15) is 0 Å². The Balaban J connectivity index is 2.57. The Morgan fingerprint density at radius 1 is 1.50 bits per heavy atom. The number of nitrogens with two attached hydrogens (primary N) is 1. The highest BCUT2D eigenvalue weighted by Crippen LogP contribution is 2.22. The molecule has 0 radical (unpaired) electrons. The minimum absolute atomic E-state index is 0.206. The number of aromatic nitrogens is 1. The topological polar surface area (TPSA) is 81.2 Å². The second kappa shape index (κ2) is 6.00. The van der Waals surface area contributed by atoms with Crippen molar-refractivity contribution in [1.29, 1.82) is 0 Å². The third-order valence-corrected chi connectivity index (χ3v) is 2.99. The van der Waals surface area contributed by atoms with Crippen molar-refractivity contribution < 1.29 is 9.32 Å². The number of hydrogen-bond acceptors (Lipinski definition) is 4. The molecule has 0 fully saturated rings. The highest BCUT2D eigenvalue weighted by Gasteiger charge is 2.22. The molecule has 0 unspecified atom stereocenters. The van der Waals surface area contributed by atoms with E-state index in [9.17, 15) is 4.79 Å². The molecule has 102 valence electrons. The maximum absolute atomic E-state index is 11.6. The summed E-state index contributed by atoms with van der Waals surface area (Å²) in [5.41, 5.74) is 5.76. The Kier molecular flexibility index (Phi) is 4.90. The van der Waals surface area contributed by atoms with E-state index in [2.05, 4.69) is 24.3 Å². The SMILES string of the molecule is CCC(CC)c1cc(CNC(=O)C(C)(C)N)on1. The summed E-state index contributed by atoms with van der Waals surface area (Å²) in [5, 5.41) is 6.77. The van der Waals surface area contributed by atoms with Crippen molar-refractivity contribution in [3.63, 3.8) is 0 Å². The molecular formula is C13H23N3O2. The molecule has 0 atom stereocenters. The average Bonchev–Trinajstić information content (AvgIpc) is 2.75. The highest BCUT2D eigenvalue weighted by atomic mass is 16.5. The third kappa shape index (κ3) is 3.84. The number of nitrogens with zero attached hydrogens (tertiary/aromatic N) is 1. The van der Waals surface area contributed by atoms with Gasteiger partial charge in [0.15, 0.2) is 5.76 Å². The van der Waals surface area contributed by atoms with Crippen LogP contribution in [-0.4, -0.2) is 16.6 Å². The van der Waals surface area contributed by atoms with Gasteiger partial charge in [0, 0.05) is 12.0 Å². The zero-order chi connectivity index (χ0) is 13.8. The maximum Gasteiger partial charge on any atom is 0.239 e. The first-order valence-electron chi connectivity index (χ1n) is 6.41. The number of rotatable bonds is 6. The summed E-state index contributed by atoms with van der Waals surface area (Å²) < 4.78 is 5.21. The van der Waals surface area contributed by atoms with Crippen molar-refractivity contribution in [2.75, 3.05) is 0 Å². The van der Waals surface area contributed by atoms with Gasteiger partial charge in [0.2, 0.25) is 5.91 Å². The number of hydrogen-bond donors (Lipinski definition) is 2. The van der Waals surface area contributed by atoms with Crippen LogP contribution >= 0.6 is 0 Å². The van der Waals surface area contributed by atoms with Crippen LogP contribution in [0.3, 0.4) is 0 Å². The lowest BCUT2D eigenvalue weighted by Gasteiger charge is -2.16. The molecule has 0 aliphatic carbocycles. The molecule has 0 saturated heterocycles. The molecule has 1 rings (SSSR count). The van der Waals surface area contributed by atoms with E-state index < -0.39 is 5.54 Å². The minimum atomic E-state index is -0.877. The van der Waals surface area contributed by atoms with Crippen LogP contribution in [0.5, 0.6) is 0 Å². The fraction of sp³-hybridized carbons (Fsp3) is 0.692. The van der Waals surface area contributed by atoms with E-state index in [1.165, 1.54) is 0 Å². The normalized spacial score (nSPS) is 11.9. The van der Waals surface area contributed by atoms with E-state index in [1.54, 1.807) is 13.8 Å². The zero-order valence-electron chi connectivity index (χ0n) is 11.6. The molecule has 0 aromatic carbocycles. The third-order valence-electron chi connectivity index (χ3n) is 2.99. The molecule has 0 bridgehead atoms. The molecule has 0 aliphatic rings. The first-order valence-corrected chi connectivity index (χ1v) is 6.41. The lowest BCUT2D eigenvalue weighted by atomic mass is 9.99. The fourth-order valence-electron chi connectivity index (χ4n) is 1.71. The van der Waals surface area contributed by atoms with Crippen molar-refractivity contribution >= 4 is 5.91 Å². The van der Waals surface area contributed by atoms with Gasteiger partial charge in [-0.05, 0) is 26.7 Å². The van der Waals surface area contributed by atoms with E-state index in [-0.39, 0.29) is 5.91 Å². The zero-order valence-corrected chi connectivity index (χ0v) is 11.6. The fourth-order valence-corrected chi connectivity index (χ4v) is 1.71. The molecular weight excluding hydrogens is 230 g/mol. The van der Waals surface area contributed by atoms with Crippen LogP contribution in [0.25, 0.3) is 0 Å². The molecule has 0 spiro atoms. The molecule has 5 heteroatoms. The van der Waals surface area contributed by atoms with Crippen molar-refractivity contribution in [3.8, 4) is 0 Å². The van der Waals surface area contributed by atoms with Gasteiger partial charge in [-0.25, -0.2) is 0 Å². The van der Waals surface area contributed by atoms with Gasteiger partial charge in [0.1, 0.15) is 0 Å². The highest BCUT2D eigenvalue weighted by molar-refractivity contribution is 5.84. The standard InChI is InChI=1S/C13H23N3O2/c1-5-9(6-2)11-7-10(18-16-11)8-15-12(17)13(3,4)14/h7,9H,5-6,8,14H2,1-4H3,(H,15,17). The van der Waals surface area contributed by atoms with E-state index >= 15 is 0 Å². The molecule has 0 saturated carbocycles. The van der Waals surface area contributed by atoms with Gasteiger partial charge in [-0.15, -0.1) is 0 Å². The predicted molar refractivity (Wildman–Crippen MR) is 69.9 cm³/mol. The van der Waals surface area contributed by atoms with Crippen molar-refractivity contribution in [2.45, 2.75) is 58.5 Å². The average molecular weight is 253 g/mol. The van der Waals surface area contributed by atoms with Crippen LogP contribution in [0, 0.1) is 0 Å². The van der Waals surface area contributed by atoms with Gasteiger partial charge in [0.05, 0.1) is 17.8 Å². The van der Waals surface area contributed by atoms with Crippen LogP contribution in [-0.2, 0) is 11.3 Å². The van der Waals surface area contributed by atoms with Gasteiger partial charge in [0.25, 0.3) is 0 Å². The van der Waals surface area contributed by atoms with Gasteiger partial charge < -0.3 is 15.6 Å². The first-order chi connectivity index (χ1) is 8.38. The summed E-state index contributed by atoms with van der Waals surface area (Å²) in [6, 6.07) is 1.90. The first kappa shape index (κ1) is 14.7. The summed E-state index contributed by atoms with van der Waals surface area (Å²) in [6.45, 7) is 7.91. The Bertz CT molecular complexity index is 389. The molecule has 3 N–H and O–H groups in total. The Hall–Kier alpha value is -1.36. The monoisotopic (exact) mass is 253 g/mol. The smallest absolute Gasteiger partial charge is 0.239 e. The number of nitrogens with one attached hydrogen (secondary N) is 1. The number of carbonyl (C=O) groups is 1. The summed E-state index contributed by atoms with van der Waals surface area (Å²) in [4.78, 5) is 11.6. The van der Waals surface area contributed by atoms with Crippen LogP contribution in [0.15, 0.2) is 10.6 Å². The lowest BCUT2D eigenvalue weighted by Crippen LogP contribution is -2.48. The van der Waals surface area contributed by atoms with Crippen LogP contribution in [0.4, 0.5) is 0 Å². The predicted octanol–water partition coefficient (Wildman–Crippen LogP) is 1.93. The van der Waals surface area contributed by atoms with E-state index in [0.717, 1.165) is 18.5 Å². The summed E-state index contributed by atoms with van der Waals surface area (Å²) in [6.07, 6.45) is 2.06. The largest absolute Gasteiger partial charge is 0.359 e. The molecule has 1 amide bonds. The van der Waals surface area contributed by atoms with E-state index in [0.29, 0.717) is 18.2 Å². The quantitative estimate of drug-likeness (QED) is 0.811. The maximum atomic E-state index is 11.6. The van der Waals surface area contributed by atoms with E-state index in [4.69, 9.17) is 10.3 Å². The molecule has 1 heterocycles. The van der Waals surface area contributed by atoms with Gasteiger partial charge in [-0.1, -0.05) is 19.0 Å². The second-order valence-electron chi connectivity index (χ2n) is 5.14. The van der Waals surface area contributed by atoms with Crippen molar-refractivity contribution in [3.05, 3.63) is 17.5 Å². The number of amides is 1. The summed E-state index contributed by atoms with van der Waals surface area (Å²) in [5.74, 6) is 0.877. The van der Waals surface area contributed by atoms with Crippen molar-refractivity contribution in [2.24, 2.45) is 5.73 Å².